The number of amides is 2. The third-order valence-electron chi connectivity index (χ3n) is 3.53. The van der Waals surface area contributed by atoms with Gasteiger partial charge < -0.3 is 10.6 Å². The van der Waals surface area contributed by atoms with Gasteiger partial charge in [0, 0.05) is 16.7 Å². The highest BCUT2D eigenvalue weighted by molar-refractivity contribution is 9.10. The van der Waals surface area contributed by atoms with E-state index in [1.807, 2.05) is 42.5 Å². The molecule has 23 heavy (non-hydrogen) atoms. The molecule has 0 heterocycles. The van der Waals surface area contributed by atoms with Crippen molar-refractivity contribution in [3.63, 3.8) is 0 Å². The van der Waals surface area contributed by atoms with Crippen LogP contribution in [0, 0.1) is 5.41 Å². The van der Waals surface area contributed by atoms with E-state index < -0.39 is 5.41 Å². The second kappa shape index (κ2) is 7.42. The van der Waals surface area contributed by atoms with Crippen molar-refractivity contribution in [1.82, 2.24) is 5.32 Å². The molecule has 0 fully saturated rings. The largest absolute Gasteiger partial charge is 0.351 e. The van der Waals surface area contributed by atoms with Crippen molar-refractivity contribution < 1.29 is 9.59 Å². The lowest BCUT2D eigenvalue weighted by Crippen LogP contribution is -2.44. The summed E-state index contributed by atoms with van der Waals surface area (Å²) >= 11 is 3.34. The summed E-state index contributed by atoms with van der Waals surface area (Å²) in [5.74, 6) is -0.652. The molecule has 2 N–H and O–H groups in total. The molecule has 0 atom stereocenters. The van der Waals surface area contributed by atoms with Crippen molar-refractivity contribution in [2.75, 3.05) is 5.32 Å². The third kappa shape index (κ3) is 4.66. The van der Waals surface area contributed by atoms with Gasteiger partial charge in [-0.05, 0) is 43.7 Å². The van der Waals surface area contributed by atoms with Crippen molar-refractivity contribution in [1.29, 1.82) is 0 Å². The van der Waals surface area contributed by atoms with E-state index in [0.717, 1.165) is 10.0 Å². The zero-order valence-corrected chi connectivity index (χ0v) is 14.7. The highest BCUT2D eigenvalue weighted by Gasteiger charge is 2.35. The van der Waals surface area contributed by atoms with Crippen LogP contribution in [0.4, 0.5) is 5.69 Å². The Labute approximate surface area is 144 Å². The minimum absolute atomic E-state index is 0.309. The normalized spacial score (nSPS) is 10.9. The molecule has 0 spiro atoms. The molecule has 0 aromatic heterocycles. The molecule has 0 bridgehead atoms. The van der Waals surface area contributed by atoms with Crippen LogP contribution in [0.25, 0.3) is 0 Å². The van der Waals surface area contributed by atoms with Crippen LogP contribution in [0.15, 0.2) is 59.1 Å². The van der Waals surface area contributed by atoms with Crippen LogP contribution in [0.5, 0.6) is 0 Å². The first kappa shape index (κ1) is 17.2. The molecular weight excluding hydrogens is 356 g/mol. The number of hydrogen-bond donors (Lipinski definition) is 2. The summed E-state index contributed by atoms with van der Waals surface area (Å²) in [6.45, 7) is 3.62. The summed E-state index contributed by atoms with van der Waals surface area (Å²) in [6, 6.07) is 16.8. The lowest BCUT2D eigenvalue weighted by atomic mass is 9.91. The van der Waals surface area contributed by atoms with E-state index in [2.05, 4.69) is 26.6 Å². The zero-order valence-electron chi connectivity index (χ0n) is 13.1. The number of rotatable bonds is 5. The Balaban J connectivity index is 1.97. The van der Waals surface area contributed by atoms with Crippen molar-refractivity contribution >= 4 is 33.4 Å². The maximum Gasteiger partial charge on any atom is 0.239 e. The Hall–Kier alpha value is -2.14. The van der Waals surface area contributed by atoms with Crippen LogP contribution in [0.2, 0.25) is 0 Å². The molecule has 0 saturated carbocycles. The molecule has 2 aromatic carbocycles. The fourth-order valence-corrected chi connectivity index (χ4v) is 2.19. The number of anilines is 1. The second-order valence-corrected chi connectivity index (χ2v) is 6.67. The van der Waals surface area contributed by atoms with Crippen LogP contribution < -0.4 is 10.6 Å². The Bertz CT molecular complexity index is 682. The van der Waals surface area contributed by atoms with E-state index in [-0.39, 0.29) is 11.8 Å². The lowest BCUT2D eigenvalue weighted by Gasteiger charge is -2.22. The maximum absolute atomic E-state index is 12.4. The Morgan fingerprint density at radius 1 is 0.957 bits per heavy atom. The Morgan fingerprint density at radius 2 is 1.57 bits per heavy atom. The fraction of sp³-hybridized carbons (Fsp3) is 0.222. The molecule has 0 unspecified atom stereocenters. The van der Waals surface area contributed by atoms with Crippen molar-refractivity contribution in [2.45, 2.75) is 20.4 Å². The average Bonchev–Trinajstić information content (AvgIpc) is 2.55. The summed E-state index contributed by atoms with van der Waals surface area (Å²) in [5.41, 5.74) is 0.481. The van der Waals surface area contributed by atoms with Gasteiger partial charge in [-0.15, -0.1) is 0 Å². The third-order valence-corrected chi connectivity index (χ3v) is 4.06. The number of nitrogens with one attached hydrogen (secondary N) is 2. The van der Waals surface area contributed by atoms with Crippen LogP contribution >= 0.6 is 15.9 Å². The monoisotopic (exact) mass is 374 g/mol. The van der Waals surface area contributed by atoms with Gasteiger partial charge in [-0.25, -0.2) is 0 Å². The van der Waals surface area contributed by atoms with E-state index >= 15 is 0 Å². The van der Waals surface area contributed by atoms with Gasteiger partial charge >= 0.3 is 0 Å². The predicted molar refractivity (Wildman–Crippen MR) is 94.8 cm³/mol. The summed E-state index contributed by atoms with van der Waals surface area (Å²) < 4.78 is 0.926. The van der Waals surface area contributed by atoms with E-state index in [1.54, 1.807) is 26.0 Å². The number of carbonyl (C=O) groups is 2. The van der Waals surface area contributed by atoms with Gasteiger partial charge in [-0.2, -0.15) is 0 Å². The first-order valence-electron chi connectivity index (χ1n) is 7.29. The fourth-order valence-electron chi connectivity index (χ4n) is 1.92. The van der Waals surface area contributed by atoms with Gasteiger partial charge in [-0.3, -0.25) is 9.59 Å². The number of halogens is 1. The molecule has 0 radical (unpaired) electrons. The summed E-state index contributed by atoms with van der Waals surface area (Å²) in [6.07, 6.45) is 0. The van der Waals surface area contributed by atoms with Crippen molar-refractivity contribution in [3.05, 3.63) is 64.6 Å². The number of hydrogen-bond acceptors (Lipinski definition) is 2. The zero-order chi connectivity index (χ0) is 16.9. The molecule has 2 aromatic rings. The van der Waals surface area contributed by atoms with Gasteiger partial charge in [0.1, 0.15) is 5.41 Å². The molecule has 0 aliphatic carbocycles. The molecule has 2 amide bonds. The predicted octanol–water partition coefficient (Wildman–Crippen LogP) is 3.73. The SMILES string of the molecule is CC(C)(C(=O)NCc1ccccc1)C(=O)Nc1ccc(Br)cc1. The van der Waals surface area contributed by atoms with Crippen LogP contribution in [-0.2, 0) is 16.1 Å². The van der Waals surface area contributed by atoms with Crippen LogP contribution in [0.1, 0.15) is 19.4 Å². The van der Waals surface area contributed by atoms with Gasteiger partial charge in [0.2, 0.25) is 11.8 Å². The van der Waals surface area contributed by atoms with Crippen molar-refractivity contribution in [2.24, 2.45) is 5.41 Å². The molecular formula is C18H19BrN2O2. The molecule has 5 heteroatoms. The number of benzene rings is 2. The van der Waals surface area contributed by atoms with E-state index in [1.165, 1.54) is 0 Å². The first-order chi connectivity index (χ1) is 10.9. The van der Waals surface area contributed by atoms with Crippen molar-refractivity contribution in [3.8, 4) is 0 Å². The minimum Gasteiger partial charge on any atom is -0.351 e. The van der Waals surface area contributed by atoms with Gasteiger partial charge in [0.05, 0.1) is 0 Å². The second-order valence-electron chi connectivity index (χ2n) is 5.75. The smallest absolute Gasteiger partial charge is 0.239 e. The van der Waals surface area contributed by atoms with Gasteiger partial charge in [0.25, 0.3) is 0 Å². The topological polar surface area (TPSA) is 58.2 Å². The van der Waals surface area contributed by atoms with E-state index in [9.17, 15) is 9.59 Å². The van der Waals surface area contributed by atoms with Gasteiger partial charge in [0.15, 0.2) is 0 Å². The highest BCUT2D eigenvalue weighted by atomic mass is 79.9. The quantitative estimate of drug-likeness (QED) is 0.783. The van der Waals surface area contributed by atoms with Gasteiger partial charge in [-0.1, -0.05) is 46.3 Å². The molecule has 0 aliphatic rings. The van der Waals surface area contributed by atoms with Crippen LogP contribution in [-0.4, -0.2) is 11.8 Å². The first-order valence-corrected chi connectivity index (χ1v) is 8.08. The van der Waals surface area contributed by atoms with E-state index in [0.29, 0.717) is 12.2 Å². The maximum atomic E-state index is 12.4. The Morgan fingerprint density at radius 3 is 2.17 bits per heavy atom. The molecule has 4 nitrogen and oxygen atoms in total. The van der Waals surface area contributed by atoms with E-state index in [4.69, 9.17) is 0 Å². The molecule has 0 aliphatic heterocycles. The van der Waals surface area contributed by atoms with Crippen LogP contribution in [0.3, 0.4) is 0 Å². The molecule has 2 rings (SSSR count). The number of carbonyl (C=O) groups excluding carboxylic acids is 2. The molecule has 120 valence electrons. The Kier molecular flexibility index (Phi) is 5.55. The summed E-state index contributed by atoms with van der Waals surface area (Å²) in [5, 5.41) is 5.58. The summed E-state index contributed by atoms with van der Waals surface area (Å²) in [7, 11) is 0. The average molecular weight is 375 g/mol. The minimum atomic E-state index is -1.16. The molecule has 0 saturated heterocycles. The highest BCUT2D eigenvalue weighted by Crippen LogP contribution is 2.20. The lowest BCUT2D eigenvalue weighted by molar-refractivity contribution is -0.138. The summed E-state index contributed by atoms with van der Waals surface area (Å²) in [4.78, 5) is 24.7. The standard InChI is InChI=1S/C18H19BrN2O2/c1-18(2,16(22)20-12-13-6-4-3-5-7-13)17(23)21-15-10-8-14(19)9-11-15/h3-11H,12H2,1-2H3,(H,20,22)(H,21,23).